The first kappa shape index (κ1) is 15.9. The van der Waals surface area contributed by atoms with Crippen molar-refractivity contribution in [2.75, 3.05) is 0 Å². The van der Waals surface area contributed by atoms with E-state index in [0.29, 0.717) is 6.54 Å². The first-order valence-corrected chi connectivity index (χ1v) is 7.77. The van der Waals surface area contributed by atoms with Crippen LogP contribution in [0.15, 0.2) is 73.2 Å². The maximum Gasteiger partial charge on any atom is 0.222 e. The molecule has 2 heterocycles. The van der Waals surface area contributed by atoms with Crippen molar-refractivity contribution in [1.82, 2.24) is 14.9 Å². The van der Waals surface area contributed by atoms with E-state index in [-0.39, 0.29) is 24.2 Å². The number of nitrogens with one attached hydrogen (secondary N) is 1. The molecule has 0 radical (unpaired) electrons. The van der Waals surface area contributed by atoms with Gasteiger partial charge in [-0.1, -0.05) is 18.2 Å². The van der Waals surface area contributed by atoms with Crippen LogP contribution < -0.4 is 5.32 Å². The minimum Gasteiger partial charge on any atom is -0.350 e. The molecule has 0 aliphatic heterocycles. The molecule has 1 aromatic carbocycles. The second kappa shape index (κ2) is 7.55. The molecule has 3 rings (SSSR count). The summed E-state index contributed by atoms with van der Waals surface area (Å²) in [5.41, 5.74) is 1.56. The molecule has 0 fully saturated rings. The SMILES string of the molecule is O=C(CC(c1cccc(F)c1)n1cccc1)NCc1ccccn1. The molecule has 0 aliphatic carbocycles. The van der Waals surface area contributed by atoms with Crippen molar-refractivity contribution < 1.29 is 9.18 Å². The first-order valence-electron chi connectivity index (χ1n) is 7.77. The number of hydrogen-bond donors (Lipinski definition) is 1. The molecule has 122 valence electrons. The van der Waals surface area contributed by atoms with E-state index in [2.05, 4.69) is 10.3 Å². The Morgan fingerprint density at radius 2 is 1.96 bits per heavy atom. The Hall–Kier alpha value is -2.95. The van der Waals surface area contributed by atoms with E-state index in [1.54, 1.807) is 12.3 Å². The molecule has 0 saturated heterocycles. The Balaban J connectivity index is 1.71. The van der Waals surface area contributed by atoms with Crippen LogP contribution in [0, 0.1) is 5.82 Å². The van der Waals surface area contributed by atoms with Crippen LogP contribution in [-0.2, 0) is 11.3 Å². The van der Waals surface area contributed by atoms with Crippen molar-refractivity contribution in [2.45, 2.75) is 19.0 Å². The van der Waals surface area contributed by atoms with Crippen LogP contribution in [0.4, 0.5) is 4.39 Å². The largest absolute Gasteiger partial charge is 0.350 e. The molecule has 1 amide bonds. The molecule has 2 aromatic heterocycles. The van der Waals surface area contributed by atoms with E-state index < -0.39 is 0 Å². The highest BCUT2D eigenvalue weighted by atomic mass is 19.1. The fourth-order valence-electron chi connectivity index (χ4n) is 2.60. The molecule has 4 nitrogen and oxygen atoms in total. The van der Waals surface area contributed by atoms with Crippen LogP contribution >= 0.6 is 0 Å². The second-order valence-corrected chi connectivity index (χ2v) is 5.50. The van der Waals surface area contributed by atoms with Gasteiger partial charge in [0.25, 0.3) is 0 Å². The quantitative estimate of drug-likeness (QED) is 0.756. The number of halogens is 1. The number of aromatic nitrogens is 2. The van der Waals surface area contributed by atoms with Gasteiger partial charge in [0.15, 0.2) is 0 Å². The predicted molar refractivity (Wildman–Crippen MR) is 89.7 cm³/mol. The Morgan fingerprint density at radius 3 is 2.67 bits per heavy atom. The van der Waals surface area contributed by atoms with Gasteiger partial charge in [-0.15, -0.1) is 0 Å². The van der Waals surface area contributed by atoms with Crippen molar-refractivity contribution in [3.63, 3.8) is 0 Å². The van der Waals surface area contributed by atoms with Crippen LogP contribution in [0.3, 0.4) is 0 Å². The van der Waals surface area contributed by atoms with Crippen LogP contribution in [0.2, 0.25) is 0 Å². The Kier molecular flexibility index (Phi) is 5.01. The van der Waals surface area contributed by atoms with Gasteiger partial charge in [-0.25, -0.2) is 4.39 Å². The molecule has 1 N–H and O–H groups in total. The van der Waals surface area contributed by atoms with Crippen molar-refractivity contribution in [1.29, 1.82) is 0 Å². The third-order valence-electron chi connectivity index (χ3n) is 3.79. The van der Waals surface area contributed by atoms with Crippen LogP contribution in [0.5, 0.6) is 0 Å². The lowest BCUT2D eigenvalue weighted by atomic mass is 10.0. The Labute approximate surface area is 140 Å². The third kappa shape index (κ3) is 4.07. The van der Waals surface area contributed by atoms with Crippen molar-refractivity contribution in [3.8, 4) is 0 Å². The topological polar surface area (TPSA) is 46.9 Å². The molecule has 0 aliphatic rings. The summed E-state index contributed by atoms with van der Waals surface area (Å²) in [6.07, 6.45) is 5.67. The van der Waals surface area contributed by atoms with Gasteiger partial charge in [-0.2, -0.15) is 0 Å². The molecule has 0 bridgehead atoms. The van der Waals surface area contributed by atoms with E-state index in [9.17, 15) is 9.18 Å². The lowest BCUT2D eigenvalue weighted by Gasteiger charge is -2.19. The summed E-state index contributed by atoms with van der Waals surface area (Å²) in [7, 11) is 0. The molecule has 1 atom stereocenters. The van der Waals surface area contributed by atoms with Gasteiger partial charge >= 0.3 is 0 Å². The highest BCUT2D eigenvalue weighted by Gasteiger charge is 2.17. The van der Waals surface area contributed by atoms with Crippen LogP contribution in [0.25, 0.3) is 0 Å². The van der Waals surface area contributed by atoms with Gasteiger partial charge in [0.2, 0.25) is 5.91 Å². The molecular formula is C19H18FN3O. The highest BCUT2D eigenvalue weighted by Crippen LogP contribution is 2.23. The number of benzene rings is 1. The summed E-state index contributed by atoms with van der Waals surface area (Å²) < 4.78 is 15.5. The number of rotatable bonds is 6. The standard InChI is InChI=1S/C19H18FN3O/c20-16-7-5-6-15(12-16)18(23-10-3-4-11-23)13-19(24)22-14-17-8-1-2-9-21-17/h1-12,18H,13-14H2,(H,22,24). The number of pyridine rings is 1. The highest BCUT2D eigenvalue weighted by molar-refractivity contribution is 5.76. The smallest absolute Gasteiger partial charge is 0.222 e. The van der Waals surface area contributed by atoms with Crippen LogP contribution in [-0.4, -0.2) is 15.5 Å². The second-order valence-electron chi connectivity index (χ2n) is 5.50. The predicted octanol–water partition coefficient (Wildman–Crippen LogP) is 3.32. The van der Waals surface area contributed by atoms with Gasteiger partial charge in [0.05, 0.1) is 24.7 Å². The number of carbonyl (C=O) groups excluding carboxylic acids is 1. The summed E-state index contributed by atoms with van der Waals surface area (Å²) in [5, 5.41) is 2.87. The monoisotopic (exact) mass is 323 g/mol. The zero-order valence-corrected chi connectivity index (χ0v) is 13.1. The molecular weight excluding hydrogens is 305 g/mol. The minimum atomic E-state index is -0.307. The number of nitrogens with zero attached hydrogens (tertiary/aromatic N) is 2. The Morgan fingerprint density at radius 1 is 1.12 bits per heavy atom. The minimum absolute atomic E-state index is 0.108. The summed E-state index contributed by atoms with van der Waals surface area (Å²) in [6.45, 7) is 0.376. The molecule has 3 aromatic rings. The maximum atomic E-state index is 13.6. The summed E-state index contributed by atoms with van der Waals surface area (Å²) >= 11 is 0. The van der Waals surface area contributed by atoms with E-state index in [4.69, 9.17) is 0 Å². The average molecular weight is 323 g/mol. The fraction of sp³-hybridized carbons (Fsp3) is 0.158. The normalized spacial score (nSPS) is 11.9. The van der Waals surface area contributed by atoms with Crippen LogP contribution in [0.1, 0.15) is 23.7 Å². The number of hydrogen-bond acceptors (Lipinski definition) is 2. The first-order chi connectivity index (χ1) is 11.7. The molecule has 0 spiro atoms. The van der Waals surface area contributed by atoms with Gasteiger partial charge in [-0.05, 0) is 42.0 Å². The van der Waals surface area contributed by atoms with Crippen molar-refractivity contribution >= 4 is 5.91 Å². The van der Waals surface area contributed by atoms with Gasteiger partial charge in [0, 0.05) is 18.6 Å². The summed E-state index contributed by atoms with van der Waals surface area (Å²) in [6, 6.07) is 15.5. The van der Waals surface area contributed by atoms with Gasteiger partial charge in [-0.3, -0.25) is 9.78 Å². The molecule has 0 saturated carbocycles. The molecule has 1 unspecified atom stereocenters. The number of carbonyl (C=O) groups is 1. The maximum absolute atomic E-state index is 13.6. The van der Waals surface area contributed by atoms with E-state index in [1.165, 1.54) is 12.1 Å². The van der Waals surface area contributed by atoms with E-state index in [0.717, 1.165) is 11.3 Å². The zero-order valence-electron chi connectivity index (χ0n) is 13.1. The average Bonchev–Trinajstić information content (AvgIpc) is 3.13. The Bertz CT molecular complexity index is 787. The molecule has 24 heavy (non-hydrogen) atoms. The van der Waals surface area contributed by atoms with E-state index >= 15 is 0 Å². The van der Waals surface area contributed by atoms with Crippen molar-refractivity contribution in [2.24, 2.45) is 0 Å². The van der Waals surface area contributed by atoms with Gasteiger partial charge in [0.1, 0.15) is 5.82 Å². The van der Waals surface area contributed by atoms with Gasteiger partial charge < -0.3 is 9.88 Å². The third-order valence-corrected chi connectivity index (χ3v) is 3.79. The van der Waals surface area contributed by atoms with Crippen molar-refractivity contribution in [3.05, 3.63) is 90.3 Å². The van der Waals surface area contributed by atoms with E-state index in [1.807, 2.05) is 53.4 Å². The zero-order chi connectivity index (χ0) is 16.8. The lowest BCUT2D eigenvalue weighted by Crippen LogP contribution is -2.26. The lowest BCUT2D eigenvalue weighted by molar-refractivity contribution is -0.121. The number of amides is 1. The summed E-state index contributed by atoms with van der Waals surface area (Å²) in [5.74, 6) is -0.415. The summed E-state index contributed by atoms with van der Waals surface area (Å²) in [4.78, 5) is 16.5. The fourth-order valence-corrected chi connectivity index (χ4v) is 2.60. The molecule has 5 heteroatoms.